The Morgan fingerprint density at radius 3 is 2.89 bits per heavy atom. The van der Waals surface area contributed by atoms with Gasteiger partial charge in [0.25, 0.3) is 5.56 Å². The number of rotatable bonds is 5. The van der Waals surface area contributed by atoms with Crippen LogP contribution >= 0.6 is 11.3 Å². The number of thiophene rings is 1. The van der Waals surface area contributed by atoms with Crippen molar-refractivity contribution in [1.82, 2.24) is 4.57 Å². The zero-order chi connectivity index (χ0) is 13.0. The molecule has 0 saturated carbocycles. The normalized spacial score (nSPS) is 10.3. The Bertz CT molecular complexity index is 587. The molecule has 0 fully saturated rings. The summed E-state index contributed by atoms with van der Waals surface area (Å²) >= 11 is 1.37. The van der Waals surface area contributed by atoms with Crippen LogP contribution in [0.25, 0.3) is 0 Å². The van der Waals surface area contributed by atoms with Crippen LogP contribution < -0.4 is 10.3 Å². The van der Waals surface area contributed by atoms with E-state index >= 15 is 0 Å². The van der Waals surface area contributed by atoms with Crippen LogP contribution in [0.5, 0.6) is 5.75 Å². The van der Waals surface area contributed by atoms with E-state index in [1.165, 1.54) is 15.9 Å². The molecule has 2 aromatic heterocycles. The average molecular weight is 263 g/mol. The van der Waals surface area contributed by atoms with Gasteiger partial charge in [-0.1, -0.05) is 6.07 Å². The second kappa shape index (κ2) is 5.64. The largest absolute Gasteiger partial charge is 0.488 e. The zero-order valence-electron chi connectivity index (χ0n) is 9.96. The van der Waals surface area contributed by atoms with Crippen molar-refractivity contribution in [2.45, 2.75) is 13.5 Å². The first-order chi connectivity index (χ1) is 8.72. The average Bonchev–Trinajstić information content (AvgIpc) is 2.88. The second-order valence-electron chi connectivity index (χ2n) is 3.64. The minimum atomic E-state index is -0.274. The lowest BCUT2D eigenvalue weighted by molar-refractivity contribution is 0.0974. The van der Waals surface area contributed by atoms with E-state index in [2.05, 4.69) is 0 Å². The van der Waals surface area contributed by atoms with Gasteiger partial charge in [-0.3, -0.25) is 9.59 Å². The SMILES string of the molecule is CCOc1cccn(CC(=O)c2cccs2)c1=O. The highest BCUT2D eigenvalue weighted by Gasteiger charge is 2.10. The number of hydrogen-bond donors (Lipinski definition) is 0. The standard InChI is InChI=1S/C13H13NO3S/c1-2-17-11-5-3-7-14(13(11)16)9-10(15)12-6-4-8-18-12/h3-8H,2,9H2,1H3. The van der Waals surface area contributed by atoms with Gasteiger partial charge in [-0.05, 0) is 30.5 Å². The van der Waals surface area contributed by atoms with Crippen molar-refractivity contribution >= 4 is 17.1 Å². The number of aromatic nitrogens is 1. The molecule has 0 amide bonds. The molecule has 0 aliphatic carbocycles. The summed E-state index contributed by atoms with van der Waals surface area (Å²) in [5.74, 6) is 0.208. The van der Waals surface area contributed by atoms with E-state index in [0.29, 0.717) is 11.5 Å². The molecular weight excluding hydrogens is 250 g/mol. The first kappa shape index (κ1) is 12.6. The summed E-state index contributed by atoms with van der Waals surface area (Å²) < 4.78 is 6.58. The lowest BCUT2D eigenvalue weighted by Gasteiger charge is -2.07. The number of hydrogen-bond acceptors (Lipinski definition) is 4. The summed E-state index contributed by atoms with van der Waals surface area (Å²) in [4.78, 5) is 24.5. The van der Waals surface area contributed by atoms with Crippen LogP contribution in [0.3, 0.4) is 0 Å². The monoisotopic (exact) mass is 263 g/mol. The summed E-state index contributed by atoms with van der Waals surface area (Å²) in [6.45, 7) is 2.28. The molecule has 0 aromatic carbocycles. The van der Waals surface area contributed by atoms with Crippen LogP contribution in [0, 0.1) is 0 Å². The quantitative estimate of drug-likeness (QED) is 0.777. The molecular formula is C13H13NO3S. The number of pyridine rings is 1. The van der Waals surface area contributed by atoms with Crippen molar-refractivity contribution in [2.75, 3.05) is 6.61 Å². The molecule has 0 aliphatic heterocycles. The third-order valence-electron chi connectivity index (χ3n) is 2.40. The first-order valence-corrected chi connectivity index (χ1v) is 6.49. The van der Waals surface area contributed by atoms with Gasteiger partial charge in [0.1, 0.15) is 0 Å². The van der Waals surface area contributed by atoms with Crippen LogP contribution in [0.2, 0.25) is 0 Å². The molecule has 0 spiro atoms. The lowest BCUT2D eigenvalue weighted by Crippen LogP contribution is -2.24. The summed E-state index contributed by atoms with van der Waals surface area (Å²) in [6.07, 6.45) is 1.59. The molecule has 0 N–H and O–H groups in total. The fraction of sp³-hybridized carbons (Fsp3) is 0.231. The topological polar surface area (TPSA) is 48.3 Å². The Hall–Kier alpha value is -1.88. The molecule has 0 atom stereocenters. The molecule has 0 radical (unpaired) electrons. The van der Waals surface area contributed by atoms with Gasteiger partial charge in [-0.2, -0.15) is 0 Å². The third kappa shape index (κ3) is 2.68. The molecule has 4 nitrogen and oxygen atoms in total. The van der Waals surface area contributed by atoms with Gasteiger partial charge in [0.05, 0.1) is 18.0 Å². The number of ketones is 1. The van der Waals surface area contributed by atoms with Crippen LogP contribution in [0.4, 0.5) is 0 Å². The number of carbonyl (C=O) groups excluding carboxylic acids is 1. The minimum Gasteiger partial charge on any atom is -0.488 e. The van der Waals surface area contributed by atoms with E-state index in [1.54, 1.807) is 24.4 Å². The Balaban J connectivity index is 2.22. The van der Waals surface area contributed by atoms with Gasteiger partial charge in [0, 0.05) is 6.20 Å². The van der Waals surface area contributed by atoms with Gasteiger partial charge in [0.2, 0.25) is 0 Å². The van der Waals surface area contributed by atoms with Gasteiger partial charge in [-0.15, -0.1) is 11.3 Å². The highest BCUT2D eigenvalue weighted by Crippen LogP contribution is 2.10. The predicted octanol–water partition coefficient (Wildman–Crippen LogP) is 2.19. The molecule has 2 rings (SSSR count). The fourth-order valence-electron chi connectivity index (χ4n) is 1.57. The van der Waals surface area contributed by atoms with Crippen molar-refractivity contribution in [3.8, 4) is 5.75 Å². The molecule has 0 bridgehead atoms. The van der Waals surface area contributed by atoms with Gasteiger partial charge >= 0.3 is 0 Å². The van der Waals surface area contributed by atoms with Crippen LogP contribution in [0.1, 0.15) is 16.6 Å². The van der Waals surface area contributed by atoms with E-state index in [0.717, 1.165) is 0 Å². The summed E-state index contributed by atoms with van der Waals surface area (Å²) in [5.41, 5.74) is -0.274. The Morgan fingerprint density at radius 2 is 2.22 bits per heavy atom. The molecule has 5 heteroatoms. The van der Waals surface area contributed by atoms with Gasteiger partial charge in [-0.25, -0.2) is 0 Å². The zero-order valence-corrected chi connectivity index (χ0v) is 10.8. The highest BCUT2D eigenvalue weighted by molar-refractivity contribution is 7.12. The molecule has 2 aromatic rings. The molecule has 18 heavy (non-hydrogen) atoms. The summed E-state index contributed by atoms with van der Waals surface area (Å²) in [6, 6.07) is 6.88. The van der Waals surface area contributed by atoms with Gasteiger partial charge in [0.15, 0.2) is 11.5 Å². The van der Waals surface area contributed by atoms with E-state index in [-0.39, 0.29) is 23.6 Å². The van der Waals surface area contributed by atoms with E-state index in [9.17, 15) is 9.59 Å². The smallest absolute Gasteiger partial charge is 0.293 e. The number of carbonyl (C=O) groups is 1. The molecule has 94 valence electrons. The van der Waals surface area contributed by atoms with Crippen molar-refractivity contribution in [3.63, 3.8) is 0 Å². The maximum Gasteiger partial charge on any atom is 0.293 e. The van der Waals surface area contributed by atoms with Crippen LogP contribution in [0.15, 0.2) is 40.6 Å². The first-order valence-electron chi connectivity index (χ1n) is 5.61. The van der Waals surface area contributed by atoms with E-state index in [4.69, 9.17) is 4.74 Å². The maximum atomic E-state index is 12.0. The number of Topliss-reactive ketones (excluding diaryl/α,β-unsaturated/α-hetero) is 1. The number of ether oxygens (including phenoxy) is 1. The van der Waals surface area contributed by atoms with Crippen molar-refractivity contribution in [3.05, 3.63) is 51.1 Å². The van der Waals surface area contributed by atoms with E-state index < -0.39 is 0 Å². The highest BCUT2D eigenvalue weighted by atomic mass is 32.1. The molecule has 0 unspecified atom stereocenters. The second-order valence-corrected chi connectivity index (χ2v) is 4.59. The minimum absolute atomic E-state index is 0.0419. The Kier molecular flexibility index (Phi) is 3.94. The van der Waals surface area contributed by atoms with Crippen molar-refractivity contribution < 1.29 is 9.53 Å². The Labute approximate surface area is 108 Å². The Morgan fingerprint density at radius 1 is 1.39 bits per heavy atom. The van der Waals surface area contributed by atoms with E-state index in [1.807, 2.05) is 18.4 Å². The number of nitrogens with zero attached hydrogens (tertiary/aromatic N) is 1. The predicted molar refractivity (Wildman–Crippen MR) is 70.5 cm³/mol. The molecule has 2 heterocycles. The molecule has 0 saturated heterocycles. The fourth-order valence-corrected chi connectivity index (χ4v) is 2.23. The summed E-state index contributed by atoms with van der Waals surface area (Å²) in [5, 5.41) is 1.84. The van der Waals surface area contributed by atoms with Crippen LogP contribution in [-0.2, 0) is 6.54 Å². The maximum absolute atomic E-state index is 12.0. The third-order valence-corrected chi connectivity index (χ3v) is 3.31. The van der Waals surface area contributed by atoms with Gasteiger partial charge < -0.3 is 9.30 Å². The lowest BCUT2D eigenvalue weighted by atomic mass is 10.3. The summed E-state index contributed by atoms with van der Waals surface area (Å²) in [7, 11) is 0. The van der Waals surface area contributed by atoms with Crippen molar-refractivity contribution in [1.29, 1.82) is 0 Å². The molecule has 0 aliphatic rings. The van der Waals surface area contributed by atoms with Crippen LogP contribution in [-0.4, -0.2) is 17.0 Å². The van der Waals surface area contributed by atoms with Crippen molar-refractivity contribution in [2.24, 2.45) is 0 Å².